The molecule has 1 heterocycles. The third kappa shape index (κ3) is 4.85. The molecular weight excluding hydrogens is 364 g/mol. The number of oxime groups is 1. The van der Waals surface area contributed by atoms with Gasteiger partial charge >= 0.3 is 6.16 Å². The molecule has 29 heavy (non-hydrogen) atoms. The molecule has 154 valence electrons. The Morgan fingerprint density at radius 1 is 1.07 bits per heavy atom. The monoisotopic (exact) mass is 394 g/mol. The highest BCUT2D eigenvalue weighted by molar-refractivity contribution is 5.89. The number of carbonyl (C=O) groups excluding carboxylic acids is 1. The summed E-state index contributed by atoms with van der Waals surface area (Å²) < 4.78 is 4.89. The first-order valence-corrected chi connectivity index (χ1v) is 10.2. The summed E-state index contributed by atoms with van der Waals surface area (Å²) in [5, 5.41) is 4.31. The highest BCUT2D eigenvalue weighted by Crippen LogP contribution is 2.45. The number of piperidine rings is 1. The van der Waals surface area contributed by atoms with Crippen molar-refractivity contribution in [3.05, 3.63) is 71.8 Å². The van der Waals surface area contributed by atoms with Crippen molar-refractivity contribution in [2.24, 2.45) is 17.0 Å². The van der Waals surface area contributed by atoms with Gasteiger partial charge in [0.1, 0.15) is 0 Å². The summed E-state index contributed by atoms with van der Waals surface area (Å²) >= 11 is 0. The number of hydrogen-bond acceptors (Lipinski definition) is 5. The van der Waals surface area contributed by atoms with Crippen LogP contribution >= 0.6 is 0 Å². The van der Waals surface area contributed by atoms with Gasteiger partial charge in [-0.1, -0.05) is 79.7 Å². The van der Waals surface area contributed by atoms with E-state index < -0.39 is 6.16 Å². The molecule has 3 rings (SSSR count). The molecule has 5 nitrogen and oxygen atoms in total. The zero-order valence-corrected chi connectivity index (χ0v) is 17.6. The second-order valence-electron chi connectivity index (χ2n) is 7.78. The first-order chi connectivity index (χ1) is 14.0. The van der Waals surface area contributed by atoms with Gasteiger partial charge in [0, 0.05) is 24.4 Å². The van der Waals surface area contributed by atoms with Crippen LogP contribution in [0.1, 0.15) is 50.4 Å². The first kappa shape index (κ1) is 21.1. The van der Waals surface area contributed by atoms with E-state index in [4.69, 9.17) is 9.57 Å². The number of nitrogens with zero attached hydrogens (tertiary/aromatic N) is 2. The minimum atomic E-state index is -0.756. The van der Waals surface area contributed by atoms with Crippen LogP contribution in [0.2, 0.25) is 0 Å². The van der Waals surface area contributed by atoms with Crippen molar-refractivity contribution in [2.45, 2.75) is 39.3 Å². The van der Waals surface area contributed by atoms with Gasteiger partial charge in [-0.15, -0.1) is 0 Å². The van der Waals surface area contributed by atoms with Crippen LogP contribution in [0.4, 0.5) is 4.79 Å². The van der Waals surface area contributed by atoms with Crippen LogP contribution in [-0.4, -0.2) is 30.4 Å². The van der Waals surface area contributed by atoms with E-state index in [1.54, 1.807) is 6.92 Å². The minimum absolute atomic E-state index is 0.122. The molecule has 0 N–H and O–H groups in total. The van der Waals surface area contributed by atoms with Crippen LogP contribution in [0.5, 0.6) is 0 Å². The van der Waals surface area contributed by atoms with Crippen LogP contribution in [0.15, 0.2) is 65.8 Å². The quantitative estimate of drug-likeness (QED) is 0.376. The Balaban J connectivity index is 2.03. The molecule has 3 atom stereocenters. The minimum Gasteiger partial charge on any atom is -0.433 e. The maximum absolute atomic E-state index is 11.8. The number of likely N-dealkylation sites (tertiary alicyclic amines) is 1. The molecule has 0 radical (unpaired) electrons. The van der Waals surface area contributed by atoms with Crippen molar-refractivity contribution in [2.75, 3.05) is 13.7 Å². The summed E-state index contributed by atoms with van der Waals surface area (Å²) in [6.07, 6.45) is -0.0551. The van der Waals surface area contributed by atoms with Crippen LogP contribution in [-0.2, 0) is 9.57 Å². The summed E-state index contributed by atoms with van der Waals surface area (Å²) in [4.78, 5) is 19.3. The van der Waals surface area contributed by atoms with Crippen molar-refractivity contribution in [1.82, 2.24) is 4.90 Å². The Hall–Kier alpha value is -2.66. The highest BCUT2D eigenvalue weighted by Gasteiger charge is 2.42. The molecule has 0 aromatic heterocycles. The van der Waals surface area contributed by atoms with Crippen molar-refractivity contribution in [3.63, 3.8) is 0 Å². The number of hydrogen-bond donors (Lipinski definition) is 0. The third-order valence-corrected chi connectivity index (χ3v) is 5.60. The number of carbonyl (C=O) groups is 1. The van der Waals surface area contributed by atoms with Gasteiger partial charge < -0.3 is 4.74 Å². The van der Waals surface area contributed by atoms with Crippen molar-refractivity contribution in [1.29, 1.82) is 0 Å². The Labute approximate surface area is 173 Å². The van der Waals surface area contributed by atoms with Gasteiger partial charge in [-0.3, -0.25) is 9.74 Å². The molecule has 0 amide bonds. The molecule has 0 aliphatic carbocycles. The molecule has 1 aliphatic rings. The Morgan fingerprint density at radius 3 is 2.21 bits per heavy atom. The molecule has 0 spiro atoms. The molecule has 1 saturated heterocycles. The summed E-state index contributed by atoms with van der Waals surface area (Å²) in [6, 6.07) is 21.2. The molecular formula is C24H30N2O3. The van der Waals surface area contributed by atoms with E-state index in [1.807, 2.05) is 12.1 Å². The van der Waals surface area contributed by atoms with E-state index in [2.05, 4.69) is 79.5 Å². The van der Waals surface area contributed by atoms with Crippen LogP contribution in [0.3, 0.4) is 0 Å². The van der Waals surface area contributed by atoms with Gasteiger partial charge in [-0.05, 0) is 31.0 Å². The fraction of sp³-hybridized carbons (Fsp3) is 0.417. The lowest BCUT2D eigenvalue weighted by Gasteiger charge is -2.46. The second kappa shape index (κ2) is 9.70. The fourth-order valence-electron chi connectivity index (χ4n) is 4.32. The van der Waals surface area contributed by atoms with Gasteiger partial charge in [0.15, 0.2) is 0 Å². The van der Waals surface area contributed by atoms with E-state index in [0.717, 1.165) is 5.71 Å². The SMILES string of the molecule is CCOC(=O)O/N=C1\CC(c2ccccc2)N(C)C(c2ccccc2)C1C(C)C. The number of ether oxygens (including phenoxy) is 1. The first-order valence-electron chi connectivity index (χ1n) is 10.2. The van der Waals surface area contributed by atoms with Gasteiger partial charge in [-0.2, -0.15) is 0 Å². The number of rotatable bonds is 5. The summed E-state index contributed by atoms with van der Waals surface area (Å²) in [5.74, 6) is 0.445. The van der Waals surface area contributed by atoms with Crippen LogP contribution in [0, 0.1) is 11.8 Å². The second-order valence-corrected chi connectivity index (χ2v) is 7.78. The maximum atomic E-state index is 11.8. The van der Waals surface area contributed by atoms with Crippen LogP contribution < -0.4 is 0 Å². The molecule has 0 bridgehead atoms. The summed E-state index contributed by atoms with van der Waals surface area (Å²) in [5.41, 5.74) is 3.36. The summed E-state index contributed by atoms with van der Waals surface area (Å²) in [7, 11) is 2.17. The van der Waals surface area contributed by atoms with E-state index in [9.17, 15) is 4.79 Å². The molecule has 3 unspecified atom stereocenters. The molecule has 0 saturated carbocycles. The molecule has 1 fully saturated rings. The molecule has 1 aliphatic heterocycles. The van der Waals surface area contributed by atoms with Gasteiger partial charge in [0.25, 0.3) is 0 Å². The fourth-order valence-corrected chi connectivity index (χ4v) is 4.32. The largest absolute Gasteiger partial charge is 0.535 e. The standard InChI is InChI=1S/C24H30N2O3/c1-5-28-24(27)29-25-20-16-21(18-12-8-6-9-13-18)26(4)23(22(20)17(2)3)19-14-10-7-11-15-19/h6-15,17,21-23H,5,16H2,1-4H3/b25-20+. The lowest BCUT2D eigenvalue weighted by atomic mass is 9.74. The van der Waals surface area contributed by atoms with E-state index in [-0.39, 0.29) is 24.6 Å². The zero-order chi connectivity index (χ0) is 20.8. The smallest absolute Gasteiger partial charge is 0.433 e. The zero-order valence-electron chi connectivity index (χ0n) is 17.6. The van der Waals surface area contributed by atoms with E-state index in [0.29, 0.717) is 12.3 Å². The Kier molecular flexibility index (Phi) is 7.04. The average Bonchev–Trinajstić information content (AvgIpc) is 2.73. The van der Waals surface area contributed by atoms with E-state index in [1.165, 1.54) is 11.1 Å². The van der Waals surface area contributed by atoms with Gasteiger partial charge in [0.2, 0.25) is 0 Å². The highest BCUT2D eigenvalue weighted by atomic mass is 16.8. The van der Waals surface area contributed by atoms with Crippen molar-refractivity contribution in [3.8, 4) is 0 Å². The lowest BCUT2D eigenvalue weighted by Crippen LogP contribution is -2.45. The lowest BCUT2D eigenvalue weighted by molar-refractivity contribution is 0.0561. The molecule has 2 aromatic carbocycles. The van der Waals surface area contributed by atoms with Crippen molar-refractivity contribution < 1.29 is 14.4 Å². The van der Waals surface area contributed by atoms with Crippen molar-refractivity contribution >= 4 is 11.9 Å². The van der Waals surface area contributed by atoms with Gasteiger partial charge in [-0.25, -0.2) is 4.79 Å². The normalized spacial score (nSPS) is 23.9. The predicted octanol–water partition coefficient (Wildman–Crippen LogP) is 5.61. The van der Waals surface area contributed by atoms with E-state index >= 15 is 0 Å². The number of benzene rings is 2. The predicted molar refractivity (Wildman–Crippen MR) is 115 cm³/mol. The molecule has 2 aromatic rings. The Bertz CT molecular complexity index is 821. The topological polar surface area (TPSA) is 51.1 Å². The maximum Gasteiger partial charge on any atom is 0.535 e. The van der Waals surface area contributed by atoms with Crippen LogP contribution in [0.25, 0.3) is 0 Å². The average molecular weight is 395 g/mol. The van der Waals surface area contributed by atoms with Gasteiger partial charge in [0.05, 0.1) is 12.3 Å². The molecule has 5 heteroatoms. The summed E-state index contributed by atoms with van der Waals surface area (Å²) in [6.45, 7) is 6.39. The third-order valence-electron chi connectivity index (χ3n) is 5.60. The Morgan fingerprint density at radius 2 is 1.66 bits per heavy atom.